The molecule has 1 radical (unpaired) electrons. The molecule has 1 N–H and O–H groups in total. The molecule has 0 aromatic heterocycles. The van der Waals surface area contributed by atoms with Crippen LogP contribution in [0.4, 0.5) is 0 Å². The summed E-state index contributed by atoms with van der Waals surface area (Å²) in [6.07, 6.45) is 1.86. The molecule has 71 valence electrons. The van der Waals surface area contributed by atoms with Gasteiger partial charge in [-0.1, -0.05) is 6.92 Å². The van der Waals surface area contributed by atoms with Gasteiger partial charge in [0.2, 0.25) is 0 Å². The molecule has 1 saturated heterocycles. The van der Waals surface area contributed by atoms with Gasteiger partial charge in [0.1, 0.15) is 5.60 Å². The van der Waals surface area contributed by atoms with Crippen molar-refractivity contribution in [1.82, 2.24) is 0 Å². The van der Waals surface area contributed by atoms with E-state index in [1.54, 1.807) is 7.11 Å². The maximum atomic E-state index is 9.22. The van der Waals surface area contributed by atoms with Crippen LogP contribution in [0, 0.1) is 5.92 Å². The molecule has 0 spiro atoms. The van der Waals surface area contributed by atoms with Crippen LogP contribution in [0.5, 0.6) is 0 Å². The van der Waals surface area contributed by atoms with Gasteiger partial charge in [0, 0.05) is 19.6 Å². The van der Waals surface area contributed by atoms with Crippen molar-refractivity contribution < 1.29 is 14.6 Å². The Kier molecular flexibility index (Phi) is 3.50. The van der Waals surface area contributed by atoms with E-state index < -0.39 is 5.60 Å². The number of hydrogen-bond acceptors (Lipinski definition) is 3. The summed E-state index contributed by atoms with van der Waals surface area (Å²) in [5.74, 6) is 1.26. The minimum Gasteiger partial charge on any atom is -0.393 e. The Labute approximate surface area is 73.7 Å². The molecule has 3 nitrogen and oxygen atoms in total. The SMILES string of the molecule is CC[C]1CCOCC1(CO)OC. The Morgan fingerprint density at radius 2 is 2.42 bits per heavy atom. The lowest BCUT2D eigenvalue weighted by Crippen LogP contribution is -2.49. The quantitative estimate of drug-likeness (QED) is 0.685. The number of rotatable bonds is 3. The third-order valence-electron chi connectivity index (χ3n) is 2.60. The van der Waals surface area contributed by atoms with Crippen molar-refractivity contribution >= 4 is 0 Å². The van der Waals surface area contributed by atoms with Crippen LogP contribution in [0.25, 0.3) is 0 Å². The zero-order chi connectivity index (χ0) is 9.03. The first-order valence-corrected chi connectivity index (χ1v) is 4.38. The van der Waals surface area contributed by atoms with Crippen molar-refractivity contribution in [2.24, 2.45) is 0 Å². The van der Waals surface area contributed by atoms with Gasteiger partial charge in [-0.2, -0.15) is 0 Å². The van der Waals surface area contributed by atoms with Crippen LogP contribution >= 0.6 is 0 Å². The third kappa shape index (κ3) is 1.63. The smallest absolute Gasteiger partial charge is 0.120 e. The second-order valence-corrected chi connectivity index (χ2v) is 3.12. The van der Waals surface area contributed by atoms with Crippen molar-refractivity contribution in [2.45, 2.75) is 25.4 Å². The van der Waals surface area contributed by atoms with Gasteiger partial charge in [-0.05, 0) is 12.8 Å². The van der Waals surface area contributed by atoms with Crippen molar-refractivity contribution in [3.63, 3.8) is 0 Å². The molecule has 0 saturated carbocycles. The first kappa shape index (κ1) is 9.96. The second kappa shape index (κ2) is 4.21. The average molecular weight is 173 g/mol. The van der Waals surface area contributed by atoms with E-state index in [0.29, 0.717) is 6.61 Å². The lowest BCUT2D eigenvalue weighted by Gasteiger charge is -2.40. The first-order valence-electron chi connectivity index (χ1n) is 4.38. The highest BCUT2D eigenvalue weighted by atomic mass is 16.5. The molecule has 1 heterocycles. The van der Waals surface area contributed by atoms with E-state index in [-0.39, 0.29) is 6.61 Å². The molecule has 0 aromatic carbocycles. The minimum absolute atomic E-state index is 0.0205. The first-order chi connectivity index (χ1) is 5.79. The predicted molar refractivity (Wildman–Crippen MR) is 45.8 cm³/mol. The molecule has 1 rings (SSSR count). The molecule has 0 aromatic rings. The molecular formula is C9H17O3. The summed E-state index contributed by atoms with van der Waals surface area (Å²) in [4.78, 5) is 0. The molecule has 1 atom stereocenters. The van der Waals surface area contributed by atoms with Gasteiger partial charge in [-0.25, -0.2) is 0 Å². The highest BCUT2D eigenvalue weighted by Crippen LogP contribution is 2.33. The second-order valence-electron chi connectivity index (χ2n) is 3.12. The number of aliphatic hydroxyl groups is 1. The molecule has 0 bridgehead atoms. The fourth-order valence-electron chi connectivity index (χ4n) is 1.69. The summed E-state index contributed by atoms with van der Waals surface area (Å²) >= 11 is 0. The van der Waals surface area contributed by atoms with E-state index in [9.17, 15) is 5.11 Å². The number of methoxy groups -OCH3 is 1. The minimum atomic E-state index is -0.521. The van der Waals surface area contributed by atoms with Crippen LogP contribution in [0.3, 0.4) is 0 Å². The summed E-state index contributed by atoms with van der Waals surface area (Å²) in [6.45, 7) is 3.36. The fraction of sp³-hybridized carbons (Fsp3) is 0.889. The van der Waals surface area contributed by atoms with Crippen LogP contribution < -0.4 is 0 Å². The predicted octanol–water partition coefficient (Wildman–Crippen LogP) is 0.769. The van der Waals surface area contributed by atoms with Gasteiger partial charge >= 0.3 is 0 Å². The summed E-state index contributed by atoms with van der Waals surface area (Å²) in [5, 5.41) is 9.22. The van der Waals surface area contributed by atoms with E-state index in [2.05, 4.69) is 6.92 Å². The maximum Gasteiger partial charge on any atom is 0.120 e. The van der Waals surface area contributed by atoms with Crippen molar-refractivity contribution in [3.8, 4) is 0 Å². The maximum absolute atomic E-state index is 9.22. The molecule has 1 unspecified atom stereocenters. The van der Waals surface area contributed by atoms with Gasteiger partial charge in [-0.3, -0.25) is 0 Å². The fourth-order valence-corrected chi connectivity index (χ4v) is 1.69. The molecule has 1 aliphatic rings. The highest BCUT2D eigenvalue weighted by molar-refractivity contribution is 5.10. The summed E-state index contributed by atoms with van der Waals surface area (Å²) in [5.41, 5.74) is -0.521. The van der Waals surface area contributed by atoms with Gasteiger partial charge in [0.15, 0.2) is 0 Å². The number of aliphatic hydroxyl groups excluding tert-OH is 1. The van der Waals surface area contributed by atoms with Crippen LogP contribution in [0.2, 0.25) is 0 Å². The molecule has 12 heavy (non-hydrogen) atoms. The Morgan fingerprint density at radius 1 is 1.67 bits per heavy atom. The Hall–Kier alpha value is -0.120. The number of ether oxygens (including phenoxy) is 2. The summed E-state index contributed by atoms with van der Waals surface area (Å²) < 4.78 is 10.6. The molecule has 3 heteroatoms. The summed E-state index contributed by atoms with van der Waals surface area (Å²) in [6, 6.07) is 0. The largest absolute Gasteiger partial charge is 0.393 e. The average Bonchev–Trinajstić information content (AvgIpc) is 2.17. The molecule has 0 amide bonds. The Bertz CT molecular complexity index is 132. The van der Waals surface area contributed by atoms with Crippen LogP contribution in [-0.4, -0.2) is 37.6 Å². The standard InChI is InChI=1S/C9H17O3/c1-3-8-4-5-12-7-9(8,6-10)11-2/h10H,3-7H2,1-2H3. The van der Waals surface area contributed by atoms with Crippen molar-refractivity contribution in [2.75, 3.05) is 26.9 Å². The lowest BCUT2D eigenvalue weighted by atomic mass is 9.82. The highest BCUT2D eigenvalue weighted by Gasteiger charge is 2.40. The van der Waals surface area contributed by atoms with Gasteiger partial charge in [-0.15, -0.1) is 0 Å². The van der Waals surface area contributed by atoms with Gasteiger partial charge in [0.05, 0.1) is 13.2 Å². The topological polar surface area (TPSA) is 38.7 Å². The van der Waals surface area contributed by atoms with Gasteiger partial charge in [0.25, 0.3) is 0 Å². The van der Waals surface area contributed by atoms with Crippen LogP contribution in [-0.2, 0) is 9.47 Å². The molecule has 0 aliphatic carbocycles. The van der Waals surface area contributed by atoms with E-state index in [1.807, 2.05) is 0 Å². The van der Waals surface area contributed by atoms with Crippen molar-refractivity contribution in [1.29, 1.82) is 0 Å². The van der Waals surface area contributed by atoms with Crippen molar-refractivity contribution in [3.05, 3.63) is 5.92 Å². The summed E-state index contributed by atoms with van der Waals surface area (Å²) in [7, 11) is 1.63. The molecular weight excluding hydrogens is 156 g/mol. The Morgan fingerprint density at radius 3 is 2.83 bits per heavy atom. The van der Waals surface area contributed by atoms with Crippen LogP contribution in [0.15, 0.2) is 0 Å². The number of hydrogen-bond donors (Lipinski definition) is 1. The van der Waals surface area contributed by atoms with E-state index in [4.69, 9.17) is 9.47 Å². The molecule has 1 fully saturated rings. The zero-order valence-electron chi connectivity index (χ0n) is 7.80. The van der Waals surface area contributed by atoms with E-state index >= 15 is 0 Å². The zero-order valence-corrected chi connectivity index (χ0v) is 7.80. The lowest BCUT2D eigenvalue weighted by molar-refractivity contribution is -0.118. The molecule has 1 aliphatic heterocycles. The van der Waals surface area contributed by atoms with E-state index in [0.717, 1.165) is 19.4 Å². The van der Waals surface area contributed by atoms with Crippen LogP contribution in [0.1, 0.15) is 19.8 Å². The Balaban J connectivity index is 2.66. The third-order valence-corrected chi connectivity index (χ3v) is 2.60. The normalized spacial score (nSPS) is 32.2. The monoisotopic (exact) mass is 173 g/mol. The van der Waals surface area contributed by atoms with E-state index in [1.165, 1.54) is 5.92 Å². The van der Waals surface area contributed by atoms with Gasteiger partial charge < -0.3 is 14.6 Å².